The molecule has 0 aliphatic rings. The van der Waals surface area contributed by atoms with Gasteiger partial charge in [-0.15, -0.1) is 12.3 Å². The molecule has 0 heterocycles. The average Bonchev–Trinajstić information content (AvgIpc) is 2.28. The van der Waals surface area contributed by atoms with Gasteiger partial charge < -0.3 is 5.11 Å². The topological polar surface area (TPSA) is 83.5 Å². The van der Waals surface area contributed by atoms with E-state index in [4.69, 9.17) is 11.5 Å². The summed E-state index contributed by atoms with van der Waals surface area (Å²) in [5.41, 5.74) is -0.0481. The van der Waals surface area contributed by atoms with Gasteiger partial charge in [-0.05, 0) is 47.7 Å². The molecule has 0 radical (unpaired) electrons. The first kappa shape index (κ1) is 15.9. The Balaban J connectivity index is 3.13. The van der Waals surface area contributed by atoms with Crippen molar-refractivity contribution in [1.82, 2.24) is 4.72 Å². The van der Waals surface area contributed by atoms with Crippen molar-refractivity contribution in [3.05, 3.63) is 27.3 Å². The van der Waals surface area contributed by atoms with Gasteiger partial charge in [0.2, 0.25) is 10.0 Å². The summed E-state index contributed by atoms with van der Waals surface area (Å²) >= 11 is 1.84. The molecule has 1 unspecified atom stereocenters. The molecule has 0 saturated carbocycles. The monoisotopic (exact) mass is 393 g/mol. The zero-order valence-corrected chi connectivity index (χ0v) is 13.0. The van der Waals surface area contributed by atoms with Crippen molar-refractivity contribution in [2.45, 2.75) is 24.3 Å². The van der Waals surface area contributed by atoms with Gasteiger partial charge in [0, 0.05) is 16.0 Å². The first-order chi connectivity index (χ1) is 8.77. The molecular weight excluding hydrogens is 381 g/mol. The number of rotatable bonds is 5. The summed E-state index contributed by atoms with van der Waals surface area (Å²) in [7, 11) is -3.77. The maximum absolute atomic E-state index is 12.0. The lowest BCUT2D eigenvalue weighted by atomic mass is 10.2. The number of carbonyl (C=O) groups is 1. The largest absolute Gasteiger partial charge is 0.478 e. The van der Waals surface area contributed by atoms with Gasteiger partial charge in [-0.1, -0.05) is 0 Å². The molecule has 0 amide bonds. The van der Waals surface area contributed by atoms with E-state index in [1.54, 1.807) is 6.92 Å². The third-order valence-electron chi connectivity index (χ3n) is 2.26. The Hall–Kier alpha value is -1.11. The molecule has 19 heavy (non-hydrogen) atoms. The van der Waals surface area contributed by atoms with Crippen LogP contribution >= 0.6 is 22.6 Å². The SMILES string of the molecule is C#CCC(C)NS(=O)(=O)c1ccc(I)c(C(=O)O)c1. The Morgan fingerprint density at radius 2 is 2.21 bits per heavy atom. The normalized spacial score (nSPS) is 12.7. The number of hydrogen-bond donors (Lipinski definition) is 2. The van der Waals surface area contributed by atoms with Gasteiger partial charge in [-0.3, -0.25) is 0 Å². The molecule has 7 heteroatoms. The summed E-state index contributed by atoms with van der Waals surface area (Å²) in [6.45, 7) is 1.64. The van der Waals surface area contributed by atoms with Crippen LogP contribution in [-0.4, -0.2) is 25.5 Å². The minimum atomic E-state index is -3.77. The minimum Gasteiger partial charge on any atom is -0.478 e. The zero-order valence-electron chi connectivity index (χ0n) is 10.1. The number of benzene rings is 1. The fraction of sp³-hybridized carbons (Fsp3) is 0.250. The molecule has 5 nitrogen and oxygen atoms in total. The van der Waals surface area contributed by atoms with E-state index in [2.05, 4.69) is 10.6 Å². The molecule has 1 atom stereocenters. The van der Waals surface area contributed by atoms with Gasteiger partial charge in [0.25, 0.3) is 0 Å². The smallest absolute Gasteiger partial charge is 0.336 e. The van der Waals surface area contributed by atoms with Crippen LogP contribution in [0.15, 0.2) is 23.1 Å². The number of halogens is 1. The van der Waals surface area contributed by atoms with Gasteiger partial charge in [-0.25, -0.2) is 17.9 Å². The lowest BCUT2D eigenvalue weighted by Gasteiger charge is -2.12. The Bertz CT molecular complexity index is 634. The Kier molecular flexibility index (Phi) is 5.34. The number of carboxylic acid groups (broad SMARTS) is 1. The Labute approximate surface area is 125 Å². The molecule has 1 aromatic carbocycles. The van der Waals surface area contributed by atoms with Gasteiger partial charge >= 0.3 is 5.97 Å². The summed E-state index contributed by atoms with van der Waals surface area (Å²) in [5, 5.41) is 8.98. The predicted octanol–water partition coefficient (Wildman–Crippen LogP) is 1.68. The lowest BCUT2D eigenvalue weighted by molar-refractivity contribution is 0.0695. The van der Waals surface area contributed by atoms with Gasteiger partial charge in [0.15, 0.2) is 0 Å². The molecule has 0 bridgehead atoms. The number of nitrogens with one attached hydrogen (secondary N) is 1. The minimum absolute atomic E-state index is 0.0481. The van der Waals surface area contributed by atoms with Crippen LogP contribution < -0.4 is 4.72 Å². The quantitative estimate of drug-likeness (QED) is 0.589. The van der Waals surface area contributed by atoms with E-state index in [0.29, 0.717) is 3.57 Å². The summed E-state index contributed by atoms with van der Waals surface area (Å²) in [6, 6.07) is 3.53. The van der Waals surface area contributed by atoms with Crippen LogP contribution in [0.3, 0.4) is 0 Å². The fourth-order valence-electron chi connectivity index (χ4n) is 1.39. The van der Waals surface area contributed by atoms with Crippen LogP contribution in [0.1, 0.15) is 23.7 Å². The van der Waals surface area contributed by atoms with E-state index >= 15 is 0 Å². The molecule has 0 saturated heterocycles. The summed E-state index contributed by atoms with van der Waals surface area (Å²) in [6.07, 6.45) is 5.37. The second-order valence-corrected chi connectivity index (χ2v) is 6.75. The number of aromatic carboxylic acids is 1. The van der Waals surface area contributed by atoms with Crippen LogP contribution in [0.4, 0.5) is 0 Å². The van der Waals surface area contributed by atoms with Crippen molar-refractivity contribution in [3.63, 3.8) is 0 Å². The zero-order chi connectivity index (χ0) is 14.6. The fourth-order valence-corrected chi connectivity index (χ4v) is 3.22. The van der Waals surface area contributed by atoms with E-state index in [9.17, 15) is 13.2 Å². The molecule has 0 spiro atoms. The van der Waals surface area contributed by atoms with E-state index in [-0.39, 0.29) is 16.9 Å². The van der Waals surface area contributed by atoms with Crippen LogP contribution in [0, 0.1) is 15.9 Å². The number of sulfonamides is 1. The Morgan fingerprint density at radius 1 is 1.58 bits per heavy atom. The average molecular weight is 393 g/mol. The van der Waals surface area contributed by atoms with Crippen molar-refractivity contribution < 1.29 is 18.3 Å². The molecule has 0 aliphatic heterocycles. The highest BCUT2D eigenvalue weighted by Crippen LogP contribution is 2.18. The highest BCUT2D eigenvalue weighted by atomic mass is 127. The van der Waals surface area contributed by atoms with Crippen LogP contribution in [0.25, 0.3) is 0 Å². The van der Waals surface area contributed by atoms with Crippen molar-refractivity contribution in [2.75, 3.05) is 0 Å². The summed E-state index contributed by atoms with van der Waals surface area (Å²) in [5.74, 6) is 1.19. The van der Waals surface area contributed by atoms with E-state index in [1.165, 1.54) is 12.1 Å². The first-order valence-electron chi connectivity index (χ1n) is 5.26. The van der Waals surface area contributed by atoms with Crippen LogP contribution in [-0.2, 0) is 10.0 Å². The standard InChI is InChI=1S/C12H12INO4S/c1-3-4-8(2)14-19(17,18)9-5-6-11(13)10(7-9)12(15)16/h1,5-8,14H,4H2,2H3,(H,15,16). The number of hydrogen-bond acceptors (Lipinski definition) is 3. The highest BCUT2D eigenvalue weighted by molar-refractivity contribution is 14.1. The second-order valence-electron chi connectivity index (χ2n) is 3.88. The lowest BCUT2D eigenvalue weighted by Crippen LogP contribution is -2.32. The van der Waals surface area contributed by atoms with E-state index in [0.717, 1.165) is 6.07 Å². The number of carboxylic acids is 1. The van der Waals surface area contributed by atoms with Crippen molar-refractivity contribution in [3.8, 4) is 12.3 Å². The van der Waals surface area contributed by atoms with Gasteiger partial charge in [-0.2, -0.15) is 0 Å². The van der Waals surface area contributed by atoms with E-state index < -0.39 is 22.0 Å². The summed E-state index contributed by atoms with van der Waals surface area (Å²) < 4.78 is 26.9. The Morgan fingerprint density at radius 3 is 2.74 bits per heavy atom. The third kappa shape index (κ3) is 4.19. The van der Waals surface area contributed by atoms with Crippen molar-refractivity contribution in [2.24, 2.45) is 0 Å². The van der Waals surface area contributed by atoms with Crippen molar-refractivity contribution in [1.29, 1.82) is 0 Å². The summed E-state index contributed by atoms with van der Waals surface area (Å²) in [4.78, 5) is 10.9. The predicted molar refractivity (Wildman–Crippen MR) is 79.4 cm³/mol. The molecule has 0 aromatic heterocycles. The maximum atomic E-state index is 12.0. The molecule has 2 N–H and O–H groups in total. The molecule has 0 fully saturated rings. The third-order valence-corrected chi connectivity index (χ3v) is 4.79. The molecule has 1 rings (SSSR count). The highest BCUT2D eigenvalue weighted by Gasteiger charge is 2.19. The van der Waals surface area contributed by atoms with Crippen LogP contribution in [0.5, 0.6) is 0 Å². The molecule has 1 aromatic rings. The van der Waals surface area contributed by atoms with E-state index in [1.807, 2.05) is 22.6 Å². The van der Waals surface area contributed by atoms with Gasteiger partial charge in [0.05, 0.1) is 10.5 Å². The second kappa shape index (κ2) is 6.36. The van der Waals surface area contributed by atoms with Gasteiger partial charge in [0.1, 0.15) is 0 Å². The van der Waals surface area contributed by atoms with Crippen LogP contribution in [0.2, 0.25) is 0 Å². The van der Waals surface area contributed by atoms with Crippen molar-refractivity contribution >= 4 is 38.6 Å². The maximum Gasteiger partial charge on any atom is 0.336 e. The molecule has 102 valence electrons. The number of terminal acetylenes is 1. The molecular formula is C12H12INO4S. The molecule has 0 aliphatic carbocycles. The first-order valence-corrected chi connectivity index (χ1v) is 7.82.